The molecule has 0 unspecified atom stereocenters. The quantitative estimate of drug-likeness (QED) is 0.884. The molecule has 1 N–H and O–H groups in total. The van der Waals surface area contributed by atoms with Crippen LogP contribution in [0.2, 0.25) is 5.02 Å². The van der Waals surface area contributed by atoms with Crippen molar-refractivity contribution in [3.05, 3.63) is 40.9 Å². The summed E-state index contributed by atoms with van der Waals surface area (Å²) in [7, 11) is 0. The summed E-state index contributed by atoms with van der Waals surface area (Å²) in [5.41, 5.74) is 1.39. The average Bonchev–Trinajstić information content (AvgIpc) is 3.19. The lowest BCUT2D eigenvalue weighted by Crippen LogP contribution is -2.45. The highest BCUT2D eigenvalue weighted by Gasteiger charge is 2.31. The van der Waals surface area contributed by atoms with Gasteiger partial charge in [0.05, 0.1) is 28.6 Å². The van der Waals surface area contributed by atoms with Crippen molar-refractivity contribution < 1.29 is 9.18 Å². The first kappa shape index (κ1) is 17.8. The van der Waals surface area contributed by atoms with Crippen LogP contribution >= 0.6 is 11.6 Å². The fourth-order valence-electron chi connectivity index (χ4n) is 3.03. The van der Waals surface area contributed by atoms with E-state index in [4.69, 9.17) is 11.6 Å². The number of benzene rings is 1. The zero-order valence-corrected chi connectivity index (χ0v) is 15.0. The number of halogens is 2. The minimum atomic E-state index is -0.471. The van der Waals surface area contributed by atoms with Crippen molar-refractivity contribution in [2.75, 3.05) is 6.54 Å². The van der Waals surface area contributed by atoms with Gasteiger partial charge in [-0.2, -0.15) is 0 Å². The zero-order valence-electron chi connectivity index (χ0n) is 14.2. The summed E-state index contributed by atoms with van der Waals surface area (Å²) >= 11 is 5.81. The molecular formula is C17H21ClFN5O. The number of aromatic nitrogens is 3. The van der Waals surface area contributed by atoms with Crippen LogP contribution in [0.5, 0.6) is 0 Å². The van der Waals surface area contributed by atoms with E-state index in [0.29, 0.717) is 12.2 Å². The largest absolute Gasteiger partial charge is 0.353 e. The van der Waals surface area contributed by atoms with Gasteiger partial charge in [0, 0.05) is 12.6 Å². The molecular weight excluding hydrogens is 345 g/mol. The van der Waals surface area contributed by atoms with Crippen LogP contribution in [0.25, 0.3) is 5.69 Å². The Morgan fingerprint density at radius 2 is 2.28 bits per heavy atom. The van der Waals surface area contributed by atoms with Gasteiger partial charge >= 0.3 is 0 Å². The van der Waals surface area contributed by atoms with E-state index in [1.807, 2.05) is 13.8 Å². The third kappa shape index (κ3) is 4.16. The third-order valence-corrected chi connectivity index (χ3v) is 4.46. The summed E-state index contributed by atoms with van der Waals surface area (Å²) in [6.07, 6.45) is 3.61. The van der Waals surface area contributed by atoms with E-state index in [1.54, 1.807) is 16.9 Å². The molecule has 3 rings (SSSR count). The fourth-order valence-corrected chi connectivity index (χ4v) is 3.20. The van der Waals surface area contributed by atoms with Crippen molar-refractivity contribution >= 4 is 17.5 Å². The summed E-state index contributed by atoms with van der Waals surface area (Å²) < 4.78 is 14.8. The van der Waals surface area contributed by atoms with Gasteiger partial charge in [-0.15, -0.1) is 5.10 Å². The van der Waals surface area contributed by atoms with Crippen molar-refractivity contribution in [3.8, 4) is 5.69 Å². The second-order valence-corrected chi connectivity index (χ2v) is 6.95. The molecule has 1 aromatic heterocycles. The van der Waals surface area contributed by atoms with Gasteiger partial charge in [0.15, 0.2) is 0 Å². The van der Waals surface area contributed by atoms with Gasteiger partial charge in [0.25, 0.3) is 0 Å². The SMILES string of the molecule is CC(C)NC(=O)[C@H]1CCCN1Cc1cn(-c2ccc(F)c(Cl)c2)nn1. The molecule has 1 amide bonds. The van der Waals surface area contributed by atoms with Crippen molar-refractivity contribution in [2.24, 2.45) is 0 Å². The number of nitrogens with one attached hydrogen (secondary N) is 1. The first-order valence-electron chi connectivity index (χ1n) is 8.35. The molecule has 8 heteroatoms. The number of nitrogens with zero attached hydrogens (tertiary/aromatic N) is 4. The highest BCUT2D eigenvalue weighted by Crippen LogP contribution is 2.21. The Kier molecular flexibility index (Phi) is 5.34. The molecule has 0 spiro atoms. The molecule has 2 aromatic rings. The van der Waals surface area contributed by atoms with Crippen molar-refractivity contribution in [1.29, 1.82) is 0 Å². The first-order chi connectivity index (χ1) is 11.9. The Morgan fingerprint density at radius 1 is 1.48 bits per heavy atom. The Bertz CT molecular complexity index is 763. The van der Waals surface area contributed by atoms with Gasteiger partial charge < -0.3 is 5.32 Å². The van der Waals surface area contributed by atoms with Crippen LogP contribution in [0.1, 0.15) is 32.4 Å². The topological polar surface area (TPSA) is 63.1 Å². The number of amides is 1. The normalized spacial score (nSPS) is 18.0. The molecule has 1 atom stereocenters. The van der Waals surface area contributed by atoms with Gasteiger partial charge in [-0.1, -0.05) is 16.8 Å². The monoisotopic (exact) mass is 365 g/mol. The zero-order chi connectivity index (χ0) is 18.0. The van der Waals surface area contributed by atoms with Crippen molar-refractivity contribution in [3.63, 3.8) is 0 Å². The maximum absolute atomic E-state index is 13.3. The molecule has 0 saturated carbocycles. The first-order valence-corrected chi connectivity index (χ1v) is 8.73. The smallest absolute Gasteiger partial charge is 0.237 e. The molecule has 1 aromatic carbocycles. The molecule has 6 nitrogen and oxygen atoms in total. The minimum Gasteiger partial charge on any atom is -0.353 e. The maximum atomic E-state index is 13.3. The van der Waals surface area contributed by atoms with Gasteiger partial charge in [0.2, 0.25) is 5.91 Å². The standard InChI is InChI=1S/C17H21ClFN5O/c1-11(2)20-17(25)16-4-3-7-23(16)9-12-10-24(22-21-12)13-5-6-15(19)14(18)8-13/h5-6,8,10-11,16H,3-4,7,9H2,1-2H3,(H,20,25)/t16-/m1/s1. The second kappa shape index (κ2) is 7.49. The number of likely N-dealkylation sites (tertiary alicyclic amines) is 1. The summed E-state index contributed by atoms with van der Waals surface area (Å²) in [6.45, 7) is 5.31. The van der Waals surface area contributed by atoms with Crippen LogP contribution in [0, 0.1) is 5.82 Å². The summed E-state index contributed by atoms with van der Waals surface area (Å²) in [5, 5.41) is 11.3. The molecule has 2 heterocycles. The molecule has 0 aliphatic carbocycles. The highest BCUT2D eigenvalue weighted by molar-refractivity contribution is 6.30. The van der Waals surface area contributed by atoms with E-state index in [0.717, 1.165) is 25.1 Å². The van der Waals surface area contributed by atoms with Crippen LogP contribution in [-0.4, -0.2) is 44.4 Å². The Balaban J connectivity index is 1.70. The van der Waals surface area contributed by atoms with E-state index in [1.165, 1.54) is 12.1 Å². The number of rotatable bonds is 5. The molecule has 1 aliphatic heterocycles. The molecule has 134 valence electrons. The van der Waals surface area contributed by atoms with Crippen LogP contribution in [0.4, 0.5) is 4.39 Å². The van der Waals surface area contributed by atoms with E-state index in [9.17, 15) is 9.18 Å². The van der Waals surface area contributed by atoms with Gasteiger partial charge in [-0.05, 0) is 51.4 Å². The Morgan fingerprint density at radius 3 is 3.00 bits per heavy atom. The molecule has 0 bridgehead atoms. The third-order valence-electron chi connectivity index (χ3n) is 4.17. The molecule has 1 fully saturated rings. The predicted octanol–water partition coefficient (Wildman–Crippen LogP) is 2.55. The number of hydrogen-bond acceptors (Lipinski definition) is 4. The Hall–Kier alpha value is -1.99. The molecule has 25 heavy (non-hydrogen) atoms. The van der Waals surface area contributed by atoms with Crippen molar-refractivity contribution in [2.45, 2.75) is 45.3 Å². The highest BCUT2D eigenvalue weighted by atomic mass is 35.5. The molecule has 0 radical (unpaired) electrons. The second-order valence-electron chi connectivity index (χ2n) is 6.54. The number of hydrogen-bond donors (Lipinski definition) is 1. The maximum Gasteiger partial charge on any atom is 0.237 e. The van der Waals surface area contributed by atoms with Gasteiger partial charge in [-0.25, -0.2) is 9.07 Å². The van der Waals surface area contributed by atoms with E-state index < -0.39 is 5.82 Å². The summed E-state index contributed by atoms with van der Waals surface area (Å²) in [4.78, 5) is 14.4. The summed E-state index contributed by atoms with van der Waals surface area (Å²) in [6, 6.07) is 4.39. The predicted molar refractivity (Wildman–Crippen MR) is 93.0 cm³/mol. The van der Waals surface area contributed by atoms with Crippen molar-refractivity contribution in [1.82, 2.24) is 25.2 Å². The van der Waals surface area contributed by atoms with Crippen LogP contribution in [0.3, 0.4) is 0 Å². The number of carbonyl (C=O) groups excluding carboxylic acids is 1. The van der Waals surface area contributed by atoms with Crippen LogP contribution in [-0.2, 0) is 11.3 Å². The molecule has 1 saturated heterocycles. The fraction of sp³-hybridized carbons (Fsp3) is 0.471. The Labute approximate surface area is 151 Å². The van der Waals surface area contributed by atoms with Crippen LogP contribution in [0.15, 0.2) is 24.4 Å². The average molecular weight is 366 g/mol. The number of carbonyl (C=O) groups is 1. The van der Waals surface area contributed by atoms with E-state index in [-0.39, 0.29) is 23.0 Å². The lowest BCUT2D eigenvalue weighted by Gasteiger charge is -2.23. The lowest BCUT2D eigenvalue weighted by molar-refractivity contribution is -0.126. The minimum absolute atomic E-state index is 0.0412. The summed E-state index contributed by atoms with van der Waals surface area (Å²) in [5.74, 6) is -0.410. The molecule has 1 aliphatic rings. The van der Waals surface area contributed by atoms with Gasteiger partial charge in [0.1, 0.15) is 5.82 Å². The van der Waals surface area contributed by atoms with Gasteiger partial charge in [-0.3, -0.25) is 9.69 Å². The lowest BCUT2D eigenvalue weighted by atomic mass is 10.2. The van der Waals surface area contributed by atoms with E-state index >= 15 is 0 Å². The van der Waals surface area contributed by atoms with E-state index in [2.05, 4.69) is 20.5 Å². The van der Waals surface area contributed by atoms with Crippen LogP contribution < -0.4 is 5.32 Å².